The maximum atomic E-state index is 14.3. The number of rotatable bonds is 20. The first-order valence-corrected chi connectivity index (χ1v) is 20.7. The molecule has 2 fully saturated rings. The molecule has 0 spiro atoms. The van der Waals surface area contributed by atoms with E-state index in [0.717, 1.165) is 31.7 Å². The predicted molar refractivity (Wildman–Crippen MR) is 205 cm³/mol. The number of Topliss-reactive ketones (excluding diaryl/α,β-unsaturated/α-hetero) is 1. The van der Waals surface area contributed by atoms with Crippen molar-refractivity contribution in [3.63, 3.8) is 0 Å². The molecule has 0 bridgehead atoms. The molecule has 5 rings (SSSR count). The van der Waals surface area contributed by atoms with E-state index in [-0.39, 0.29) is 36.2 Å². The number of nitrogens with one attached hydrogen (secondary N) is 1. The number of nitrogens with zero attached hydrogens (tertiary/aromatic N) is 2. The van der Waals surface area contributed by atoms with Crippen LogP contribution < -0.4 is 15.5 Å². The second-order valence-electron chi connectivity index (χ2n) is 16.0. The second-order valence-corrected chi connectivity index (χ2v) is 16.0. The summed E-state index contributed by atoms with van der Waals surface area (Å²) in [6.45, 7) is 5.94. The summed E-state index contributed by atoms with van der Waals surface area (Å²) in [5, 5.41) is 2.49. The molecule has 1 aromatic heterocycles. The third kappa shape index (κ3) is 10.5. The highest BCUT2D eigenvalue weighted by Gasteiger charge is 2.49. The molecular formula is C43H59F2N3O7. The molecule has 4 atom stereocenters. The van der Waals surface area contributed by atoms with Crippen LogP contribution in [0.1, 0.15) is 163 Å². The number of ether oxygens (including phenoxy) is 2. The SMILES string of the molecule is CCCCCCCCCCCCCCCC(=O)C1CCCC1C(=O)Oc1c2n(cc(C(=O)NCc3ccc(F)cc3F)c1=O)C[C@]1(C)OCC[C@@H](C)N1C2=O. The van der Waals surface area contributed by atoms with Gasteiger partial charge in [-0.2, -0.15) is 0 Å². The summed E-state index contributed by atoms with van der Waals surface area (Å²) in [4.78, 5) is 70.5. The molecule has 2 aromatic rings. The van der Waals surface area contributed by atoms with Crippen molar-refractivity contribution in [3.8, 4) is 5.75 Å². The lowest BCUT2D eigenvalue weighted by Crippen LogP contribution is -2.64. The molecule has 1 N–H and O–H groups in total. The Labute approximate surface area is 323 Å². The number of aromatic nitrogens is 1. The Bertz CT molecular complexity index is 1750. The number of pyridine rings is 1. The minimum Gasteiger partial charge on any atom is -0.420 e. The minimum absolute atomic E-state index is 0.00173. The normalized spacial score (nSPS) is 21.9. The maximum Gasteiger partial charge on any atom is 0.315 e. The van der Waals surface area contributed by atoms with Crippen LogP contribution in [0.25, 0.3) is 0 Å². The monoisotopic (exact) mass is 767 g/mol. The van der Waals surface area contributed by atoms with Crippen molar-refractivity contribution < 1.29 is 37.4 Å². The molecule has 1 saturated heterocycles. The van der Waals surface area contributed by atoms with Gasteiger partial charge in [-0.3, -0.25) is 24.0 Å². The van der Waals surface area contributed by atoms with E-state index in [2.05, 4.69) is 12.2 Å². The molecule has 1 aliphatic carbocycles. The van der Waals surface area contributed by atoms with E-state index in [0.29, 0.717) is 44.8 Å². The van der Waals surface area contributed by atoms with Gasteiger partial charge in [0, 0.05) is 42.8 Å². The van der Waals surface area contributed by atoms with Gasteiger partial charge in [0.05, 0.1) is 19.1 Å². The van der Waals surface area contributed by atoms with Crippen LogP contribution in [-0.4, -0.2) is 51.4 Å². The average Bonchev–Trinajstić information content (AvgIpc) is 3.64. The Balaban J connectivity index is 1.24. The molecule has 10 nitrogen and oxygen atoms in total. The highest BCUT2D eigenvalue weighted by Crippen LogP contribution is 2.38. The summed E-state index contributed by atoms with van der Waals surface area (Å²) in [7, 11) is 0. The van der Waals surface area contributed by atoms with Crippen LogP contribution in [0.15, 0.2) is 29.2 Å². The number of benzene rings is 1. The van der Waals surface area contributed by atoms with Crippen LogP contribution >= 0.6 is 0 Å². The van der Waals surface area contributed by atoms with Gasteiger partial charge in [0.25, 0.3) is 11.8 Å². The fourth-order valence-corrected chi connectivity index (χ4v) is 8.56. The first kappa shape index (κ1) is 42.2. The van der Waals surface area contributed by atoms with Crippen LogP contribution in [0.4, 0.5) is 8.78 Å². The van der Waals surface area contributed by atoms with Crippen molar-refractivity contribution in [2.75, 3.05) is 6.61 Å². The fourth-order valence-electron chi connectivity index (χ4n) is 8.56. The third-order valence-corrected chi connectivity index (χ3v) is 11.7. The summed E-state index contributed by atoms with van der Waals surface area (Å²) in [6.07, 6.45) is 19.4. The Morgan fingerprint density at radius 3 is 2.20 bits per heavy atom. The number of esters is 1. The van der Waals surface area contributed by atoms with Gasteiger partial charge in [0.2, 0.25) is 11.2 Å². The minimum atomic E-state index is -1.10. The van der Waals surface area contributed by atoms with Crippen molar-refractivity contribution >= 4 is 23.6 Å². The number of halogens is 2. The zero-order valence-electron chi connectivity index (χ0n) is 32.9. The van der Waals surface area contributed by atoms with Gasteiger partial charge in [-0.25, -0.2) is 8.78 Å². The summed E-state index contributed by atoms with van der Waals surface area (Å²) in [5.41, 5.74) is -2.68. The average molecular weight is 768 g/mol. The number of unbranched alkanes of at least 4 members (excludes halogenated alkanes) is 12. The topological polar surface area (TPSA) is 124 Å². The van der Waals surface area contributed by atoms with E-state index in [9.17, 15) is 32.8 Å². The van der Waals surface area contributed by atoms with E-state index in [1.807, 2.05) is 6.92 Å². The third-order valence-electron chi connectivity index (χ3n) is 11.7. The smallest absolute Gasteiger partial charge is 0.315 e. The predicted octanol–water partition coefficient (Wildman–Crippen LogP) is 8.41. The first-order chi connectivity index (χ1) is 26.4. The Kier molecular flexibility index (Phi) is 15.2. The number of hydrogen-bond donors (Lipinski definition) is 1. The van der Waals surface area contributed by atoms with Crippen molar-refractivity contribution in [1.82, 2.24) is 14.8 Å². The summed E-state index contributed by atoms with van der Waals surface area (Å²) < 4.78 is 41.1. The highest BCUT2D eigenvalue weighted by atomic mass is 19.1. The van der Waals surface area contributed by atoms with Gasteiger partial charge in [0.15, 0.2) is 11.4 Å². The Morgan fingerprint density at radius 2 is 1.55 bits per heavy atom. The molecule has 1 aromatic carbocycles. The van der Waals surface area contributed by atoms with E-state index in [4.69, 9.17) is 9.47 Å². The zero-order valence-corrected chi connectivity index (χ0v) is 32.9. The largest absolute Gasteiger partial charge is 0.420 e. The Morgan fingerprint density at radius 1 is 0.909 bits per heavy atom. The zero-order chi connectivity index (χ0) is 39.5. The molecular weight excluding hydrogens is 708 g/mol. The maximum absolute atomic E-state index is 14.3. The number of carbonyl (C=O) groups excluding carboxylic acids is 4. The summed E-state index contributed by atoms with van der Waals surface area (Å²) >= 11 is 0. The second kappa shape index (κ2) is 19.8. The molecule has 2 aliphatic heterocycles. The summed E-state index contributed by atoms with van der Waals surface area (Å²) in [5.74, 6) is -5.80. The van der Waals surface area contributed by atoms with Gasteiger partial charge in [0.1, 0.15) is 23.0 Å². The fraction of sp³-hybridized carbons (Fsp3) is 0.651. The molecule has 12 heteroatoms. The van der Waals surface area contributed by atoms with Gasteiger partial charge in [-0.1, -0.05) is 96.5 Å². The van der Waals surface area contributed by atoms with Crippen molar-refractivity contribution in [3.05, 3.63) is 63.1 Å². The van der Waals surface area contributed by atoms with E-state index < -0.39 is 63.7 Å². The number of ketones is 1. The number of fused-ring (bicyclic) bond motifs is 2. The van der Waals surface area contributed by atoms with Crippen molar-refractivity contribution in [2.45, 2.75) is 161 Å². The van der Waals surface area contributed by atoms with Crippen molar-refractivity contribution in [1.29, 1.82) is 0 Å². The van der Waals surface area contributed by atoms with Crippen LogP contribution in [0.2, 0.25) is 0 Å². The molecule has 302 valence electrons. The van der Waals surface area contributed by atoms with E-state index in [1.54, 1.807) is 6.92 Å². The van der Waals surface area contributed by atoms with Crippen molar-refractivity contribution in [2.24, 2.45) is 11.8 Å². The molecule has 3 heterocycles. The molecule has 55 heavy (non-hydrogen) atoms. The van der Waals surface area contributed by atoms with Crippen LogP contribution in [0.3, 0.4) is 0 Å². The lowest BCUT2D eigenvalue weighted by Gasteiger charge is -2.51. The summed E-state index contributed by atoms with van der Waals surface area (Å²) in [6, 6.07) is 2.69. The van der Waals surface area contributed by atoms with E-state index >= 15 is 0 Å². The van der Waals surface area contributed by atoms with Crippen LogP contribution in [0.5, 0.6) is 5.75 Å². The molecule has 1 saturated carbocycles. The van der Waals surface area contributed by atoms with Gasteiger partial charge in [-0.05, 0) is 45.6 Å². The molecule has 3 aliphatic rings. The van der Waals surface area contributed by atoms with Crippen LogP contribution in [0, 0.1) is 23.5 Å². The lowest BCUT2D eigenvalue weighted by atomic mass is 9.89. The standard InChI is InChI=1S/C43H59F2N3O7/c1-4-5-6-7-8-9-10-11-12-13-14-15-16-20-36(49)32-18-17-19-33(32)42(53)55-39-37-41(52)48-29(2)23-24-54-43(48,3)28-47(37)27-34(38(39)50)40(51)46-26-30-21-22-31(44)25-35(30)45/h21-22,25,27,29,32-33H,4-20,23-24,26,28H2,1-3H3,(H,46,51)/t29-,32?,33?,43+/m1/s1. The van der Waals surface area contributed by atoms with Gasteiger partial charge >= 0.3 is 5.97 Å². The van der Waals surface area contributed by atoms with Crippen LogP contribution in [-0.2, 0) is 27.4 Å². The quantitative estimate of drug-likeness (QED) is 0.106. The molecule has 0 radical (unpaired) electrons. The number of amides is 2. The lowest BCUT2D eigenvalue weighted by molar-refractivity contribution is -0.185. The highest BCUT2D eigenvalue weighted by molar-refractivity contribution is 6.00. The molecule has 2 amide bonds. The number of hydrogen-bond acceptors (Lipinski definition) is 7. The first-order valence-electron chi connectivity index (χ1n) is 20.7. The molecule has 2 unspecified atom stereocenters. The van der Waals surface area contributed by atoms with E-state index in [1.165, 1.54) is 79.5 Å². The number of carbonyl (C=O) groups is 4. The van der Waals surface area contributed by atoms with Gasteiger partial charge in [-0.15, -0.1) is 0 Å². The van der Waals surface area contributed by atoms with Gasteiger partial charge < -0.3 is 24.3 Å². The Hall–Kier alpha value is -3.93.